The fraction of sp³-hybridized carbons (Fsp3) is 0.125. The monoisotopic (exact) mass is 385 g/mol. The number of hydrogen-bond donors (Lipinski definition) is 0. The second kappa shape index (κ2) is 7.72. The molecule has 0 amide bonds. The highest BCUT2D eigenvalue weighted by atomic mass is 16.5. The number of methoxy groups -OCH3 is 1. The molecule has 1 aromatic heterocycles. The molecule has 4 rings (SSSR count). The van der Waals surface area contributed by atoms with Crippen molar-refractivity contribution in [2.45, 2.75) is 6.92 Å². The van der Waals surface area contributed by atoms with E-state index in [4.69, 9.17) is 9.47 Å². The number of ether oxygens (including phenoxy) is 2. The van der Waals surface area contributed by atoms with Crippen molar-refractivity contribution in [3.8, 4) is 17.1 Å². The Bertz CT molecular complexity index is 1250. The van der Waals surface area contributed by atoms with Crippen LogP contribution in [-0.2, 0) is 9.53 Å². The molecule has 0 aliphatic heterocycles. The topological polar surface area (TPSA) is 65.5 Å². The molecule has 29 heavy (non-hydrogen) atoms. The predicted molar refractivity (Wildman–Crippen MR) is 112 cm³/mol. The summed E-state index contributed by atoms with van der Waals surface area (Å²) in [5, 5.41) is 4.42. The Morgan fingerprint density at radius 3 is 2.31 bits per heavy atom. The first-order valence-corrected chi connectivity index (χ1v) is 9.31. The smallest absolute Gasteiger partial charge is 0.379 e. The highest BCUT2D eigenvalue weighted by molar-refractivity contribution is 6.41. The van der Waals surface area contributed by atoms with Gasteiger partial charge >= 0.3 is 5.97 Å². The van der Waals surface area contributed by atoms with Gasteiger partial charge in [-0.25, -0.2) is 9.78 Å². The Morgan fingerprint density at radius 2 is 1.59 bits per heavy atom. The van der Waals surface area contributed by atoms with E-state index in [-0.39, 0.29) is 18.1 Å². The van der Waals surface area contributed by atoms with Gasteiger partial charge in [0.2, 0.25) is 5.88 Å². The van der Waals surface area contributed by atoms with Crippen LogP contribution in [0.2, 0.25) is 0 Å². The lowest BCUT2D eigenvalue weighted by atomic mass is 9.95. The molecule has 0 spiro atoms. The number of hydrogen-bond acceptors (Lipinski definition) is 5. The molecule has 5 heteroatoms. The van der Waals surface area contributed by atoms with E-state index in [1.165, 1.54) is 7.11 Å². The molecule has 3 aromatic carbocycles. The summed E-state index contributed by atoms with van der Waals surface area (Å²) in [7, 11) is 1.42. The van der Waals surface area contributed by atoms with Crippen molar-refractivity contribution < 1.29 is 19.1 Å². The summed E-state index contributed by atoms with van der Waals surface area (Å²) in [6.45, 7) is 1.77. The van der Waals surface area contributed by atoms with Gasteiger partial charge in [0.1, 0.15) is 0 Å². The van der Waals surface area contributed by atoms with Gasteiger partial charge in [0.25, 0.3) is 5.78 Å². The molecule has 5 nitrogen and oxygen atoms in total. The molecule has 0 saturated heterocycles. The molecule has 0 saturated carbocycles. The number of aromatic nitrogens is 1. The van der Waals surface area contributed by atoms with Crippen molar-refractivity contribution in [2.75, 3.05) is 13.7 Å². The van der Waals surface area contributed by atoms with Crippen LogP contribution in [0.4, 0.5) is 0 Å². The summed E-state index contributed by atoms with van der Waals surface area (Å²) in [5.41, 5.74) is 1.66. The molecule has 0 unspecified atom stereocenters. The van der Waals surface area contributed by atoms with Gasteiger partial charge in [0, 0.05) is 5.56 Å². The number of rotatable bonds is 5. The Hall–Kier alpha value is -3.73. The second-order valence-corrected chi connectivity index (χ2v) is 6.49. The van der Waals surface area contributed by atoms with Crippen LogP contribution in [0.25, 0.3) is 32.8 Å². The zero-order valence-electron chi connectivity index (χ0n) is 16.1. The minimum absolute atomic E-state index is 0.0831. The lowest BCUT2D eigenvalue weighted by molar-refractivity contribution is -0.137. The Kier molecular flexibility index (Phi) is 4.96. The number of carbonyl (C=O) groups is 2. The van der Waals surface area contributed by atoms with Crippen LogP contribution in [0.3, 0.4) is 0 Å². The van der Waals surface area contributed by atoms with Crippen LogP contribution >= 0.6 is 0 Å². The summed E-state index contributed by atoms with van der Waals surface area (Å²) in [6, 6.07) is 21.6. The molecule has 0 aliphatic rings. The van der Waals surface area contributed by atoms with Crippen LogP contribution in [0.1, 0.15) is 17.3 Å². The Morgan fingerprint density at radius 1 is 0.897 bits per heavy atom. The first kappa shape index (κ1) is 18.6. The number of nitrogens with zero attached hydrogens (tertiary/aromatic N) is 1. The maximum absolute atomic E-state index is 12.4. The third-order valence-electron chi connectivity index (χ3n) is 4.80. The normalized spacial score (nSPS) is 10.8. The SMILES string of the molecule is CCOC(=O)C(=O)c1ccc(-c2cc3ccccc3c3ccccc23)nc1OC. The van der Waals surface area contributed by atoms with Gasteiger partial charge in [-0.15, -0.1) is 0 Å². The molecule has 1 heterocycles. The summed E-state index contributed by atoms with van der Waals surface area (Å²) < 4.78 is 10.1. The standard InChI is InChI=1S/C24H19NO4/c1-3-29-24(27)22(26)19-12-13-21(25-23(19)28-2)20-14-15-8-4-5-9-16(15)17-10-6-7-11-18(17)20/h4-14H,3H2,1-2H3. The van der Waals surface area contributed by atoms with Gasteiger partial charge in [-0.3, -0.25) is 4.79 Å². The lowest BCUT2D eigenvalue weighted by Crippen LogP contribution is -2.18. The number of benzene rings is 3. The predicted octanol–water partition coefficient (Wildman–Crippen LogP) is 4.81. The molecule has 0 atom stereocenters. The minimum atomic E-state index is -0.920. The minimum Gasteiger partial charge on any atom is -0.480 e. The van der Waals surface area contributed by atoms with Crippen molar-refractivity contribution >= 4 is 33.3 Å². The maximum atomic E-state index is 12.4. The highest BCUT2D eigenvalue weighted by Crippen LogP contribution is 2.35. The van der Waals surface area contributed by atoms with E-state index in [2.05, 4.69) is 29.2 Å². The molecular formula is C24H19NO4. The van der Waals surface area contributed by atoms with E-state index in [0.29, 0.717) is 5.69 Å². The molecule has 0 radical (unpaired) electrons. The number of pyridine rings is 1. The summed E-state index contributed by atoms with van der Waals surface area (Å²) in [4.78, 5) is 28.7. The first-order chi connectivity index (χ1) is 14.1. The van der Waals surface area contributed by atoms with Crippen LogP contribution < -0.4 is 4.74 Å². The average molecular weight is 385 g/mol. The molecule has 0 aliphatic carbocycles. The highest BCUT2D eigenvalue weighted by Gasteiger charge is 2.23. The molecule has 144 valence electrons. The van der Waals surface area contributed by atoms with Gasteiger partial charge in [0.15, 0.2) is 0 Å². The molecule has 0 N–H and O–H groups in total. The number of carbonyl (C=O) groups excluding carboxylic acids is 2. The molecule has 0 bridgehead atoms. The van der Waals surface area contributed by atoms with E-state index in [1.807, 2.05) is 30.3 Å². The van der Waals surface area contributed by atoms with Crippen molar-refractivity contribution in [3.63, 3.8) is 0 Å². The third-order valence-corrected chi connectivity index (χ3v) is 4.80. The van der Waals surface area contributed by atoms with Gasteiger partial charge in [0.05, 0.1) is 25.0 Å². The quantitative estimate of drug-likeness (QED) is 0.213. The van der Waals surface area contributed by atoms with Crippen molar-refractivity contribution in [3.05, 3.63) is 72.3 Å². The van der Waals surface area contributed by atoms with Gasteiger partial charge in [-0.1, -0.05) is 48.5 Å². The van der Waals surface area contributed by atoms with E-state index < -0.39 is 11.8 Å². The van der Waals surface area contributed by atoms with Gasteiger partial charge < -0.3 is 9.47 Å². The van der Waals surface area contributed by atoms with E-state index >= 15 is 0 Å². The van der Waals surface area contributed by atoms with Crippen LogP contribution in [0, 0.1) is 0 Å². The van der Waals surface area contributed by atoms with Crippen molar-refractivity contribution in [1.82, 2.24) is 4.98 Å². The van der Waals surface area contributed by atoms with Crippen molar-refractivity contribution in [2.24, 2.45) is 0 Å². The lowest BCUT2D eigenvalue weighted by Gasteiger charge is -2.12. The van der Waals surface area contributed by atoms with Crippen LogP contribution in [0.5, 0.6) is 5.88 Å². The Labute approximate surface area is 167 Å². The first-order valence-electron chi connectivity index (χ1n) is 9.31. The summed E-state index contributed by atoms with van der Waals surface area (Å²) >= 11 is 0. The largest absolute Gasteiger partial charge is 0.480 e. The second-order valence-electron chi connectivity index (χ2n) is 6.49. The number of fused-ring (bicyclic) bond motifs is 3. The van der Waals surface area contributed by atoms with Gasteiger partial charge in [-0.05, 0) is 46.7 Å². The molecule has 4 aromatic rings. The van der Waals surface area contributed by atoms with E-state index in [0.717, 1.165) is 27.1 Å². The summed E-state index contributed by atoms with van der Waals surface area (Å²) in [6.07, 6.45) is 0. The molecule has 0 fully saturated rings. The van der Waals surface area contributed by atoms with Gasteiger partial charge in [-0.2, -0.15) is 0 Å². The van der Waals surface area contributed by atoms with Crippen LogP contribution in [0.15, 0.2) is 66.7 Å². The Balaban J connectivity index is 1.90. The molecular weight excluding hydrogens is 366 g/mol. The summed E-state index contributed by atoms with van der Waals surface area (Å²) in [5.74, 6) is -1.60. The zero-order valence-corrected chi connectivity index (χ0v) is 16.1. The van der Waals surface area contributed by atoms with Crippen LogP contribution in [-0.4, -0.2) is 30.5 Å². The third kappa shape index (κ3) is 3.31. The van der Waals surface area contributed by atoms with Crippen molar-refractivity contribution in [1.29, 1.82) is 0 Å². The fourth-order valence-corrected chi connectivity index (χ4v) is 3.49. The number of ketones is 1. The zero-order chi connectivity index (χ0) is 20.4. The number of esters is 1. The average Bonchev–Trinajstić information content (AvgIpc) is 2.77. The number of Topliss-reactive ketones (excluding diaryl/α,β-unsaturated/α-hetero) is 1. The van der Waals surface area contributed by atoms with E-state index in [1.54, 1.807) is 19.1 Å². The fourth-order valence-electron chi connectivity index (χ4n) is 3.49. The maximum Gasteiger partial charge on any atom is 0.379 e. The van der Waals surface area contributed by atoms with E-state index in [9.17, 15) is 9.59 Å².